The first-order valence-corrected chi connectivity index (χ1v) is 8.70. The first-order chi connectivity index (χ1) is 9.28. The van der Waals surface area contributed by atoms with Gasteiger partial charge in [-0.05, 0) is 42.4 Å². The molecular formula is C18H29BrO. The molecule has 0 amide bonds. The van der Waals surface area contributed by atoms with Gasteiger partial charge in [0.05, 0.1) is 6.61 Å². The van der Waals surface area contributed by atoms with Gasteiger partial charge in [0.2, 0.25) is 0 Å². The van der Waals surface area contributed by atoms with Crippen LogP contribution >= 0.6 is 15.9 Å². The monoisotopic (exact) mass is 340 g/mol. The van der Waals surface area contributed by atoms with Crippen LogP contribution in [0.5, 0.6) is 5.75 Å². The average Bonchev–Trinajstić information content (AvgIpc) is 2.39. The van der Waals surface area contributed by atoms with Gasteiger partial charge in [-0.2, -0.15) is 0 Å². The van der Waals surface area contributed by atoms with Crippen molar-refractivity contribution in [1.82, 2.24) is 0 Å². The van der Waals surface area contributed by atoms with Gasteiger partial charge in [0, 0.05) is 10.7 Å². The summed E-state index contributed by atoms with van der Waals surface area (Å²) in [5.41, 5.74) is 2.89. The molecule has 0 radical (unpaired) electrons. The summed E-state index contributed by atoms with van der Waals surface area (Å²) >= 11 is 3.66. The Morgan fingerprint density at radius 2 is 1.70 bits per heavy atom. The molecule has 0 aliphatic carbocycles. The highest BCUT2D eigenvalue weighted by molar-refractivity contribution is 9.09. The van der Waals surface area contributed by atoms with Crippen molar-refractivity contribution < 1.29 is 4.74 Å². The number of benzene rings is 1. The molecule has 2 heteroatoms. The summed E-state index contributed by atoms with van der Waals surface area (Å²) in [5, 5.41) is 0.990. The van der Waals surface area contributed by atoms with Crippen molar-refractivity contribution in [2.24, 2.45) is 5.41 Å². The fourth-order valence-corrected chi connectivity index (χ4v) is 3.24. The van der Waals surface area contributed by atoms with Crippen molar-refractivity contribution in [2.75, 3.05) is 11.9 Å². The fourth-order valence-electron chi connectivity index (χ4n) is 2.28. The van der Waals surface area contributed by atoms with E-state index in [9.17, 15) is 0 Å². The van der Waals surface area contributed by atoms with Crippen LogP contribution in [0.15, 0.2) is 18.2 Å². The quantitative estimate of drug-likeness (QED) is 0.588. The van der Waals surface area contributed by atoms with E-state index in [4.69, 9.17) is 4.74 Å². The van der Waals surface area contributed by atoms with Crippen LogP contribution in [-0.2, 0) is 5.41 Å². The van der Waals surface area contributed by atoms with Gasteiger partial charge in [-0.3, -0.25) is 0 Å². The molecular weight excluding hydrogens is 312 g/mol. The number of hydrogen-bond donors (Lipinski definition) is 0. The predicted molar refractivity (Wildman–Crippen MR) is 92.2 cm³/mol. The Morgan fingerprint density at radius 3 is 2.15 bits per heavy atom. The van der Waals surface area contributed by atoms with Crippen molar-refractivity contribution in [3.05, 3.63) is 29.3 Å². The highest BCUT2D eigenvalue weighted by atomic mass is 79.9. The van der Waals surface area contributed by atoms with E-state index in [1.54, 1.807) is 0 Å². The highest BCUT2D eigenvalue weighted by Crippen LogP contribution is 2.35. The molecule has 0 heterocycles. The number of ether oxygens (including phenoxy) is 1. The van der Waals surface area contributed by atoms with Crippen molar-refractivity contribution >= 4 is 15.9 Å². The maximum absolute atomic E-state index is 6.25. The molecule has 0 spiro atoms. The summed E-state index contributed by atoms with van der Waals surface area (Å²) in [7, 11) is 0. The Bertz CT molecular complexity index is 419. The van der Waals surface area contributed by atoms with Crippen LogP contribution in [0, 0.1) is 12.3 Å². The van der Waals surface area contributed by atoms with Gasteiger partial charge in [-0.1, -0.05) is 62.7 Å². The molecule has 1 aromatic rings. The minimum absolute atomic E-state index is 0.110. The van der Waals surface area contributed by atoms with E-state index in [1.807, 2.05) is 0 Å². The maximum Gasteiger partial charge on any atom is 0.123 e. The second kappa shape index (κ2) is 6.98. The smallest absolute Gasteiger partial charge is 0.123 e. The predicted octanol–water partition coefficient (Wildman–Crippen LogP) is 5.87. The topological polar surface area (TPSA) is 9.23 Å². The average molecular weight is 341 g/mol. The van der Waals surface area contributed by atoms with Gasteiger partial charge in [0.25, 0.3) is 0 Å². The van der Waals surface area contributed by atoms with Crippen molar-refractivity contribution in [1.29, 1.82) is 0 Å². The minimum Gasteiger partial charge on any atom is -0.493 e. The third-order valence-corrected chi connectivity index (χ3v) is 5.45. The van der Waals surface area contributed by atoms with Crippen molar-refractivity contribution in [3.63, 3.8) is 0 Å². The molecule has 1 rings (SSSR count). The summed E-state index contributed by atoms with van der Waals surface area (Å²) in [6.07, 6.45) is 2.26. The molecule has 1 nitrogen and oxygen atoms in total. The molecule has 0 aliphatic rings. The molecule has 0 bridgehead atoms. The Balaban J connectivity index is 3.00. The van der Waals surface area contributed by atoms with Gasteiger partial charge >= 0.3 is 0 Å². The van der Waals surface area contributed by atoms with Crippen LogP contribution in [0.4, 0.5) is 0 Å². The summed E-state index contributed by atoms with van der Waals surface area (Å²) in [6, 6.07) is 6.55. The maximum atomic E-state index is 6.25. The number of alkyl halides is 1. The normalized spacial score (nSPS) is 12.6. The lowest BCUT2D eigenvalue weighted by Gasteiger charge is -2.31. The van der Waals surface area contributed by atoms with Crippen molar-refractivity contribution in [3.8, 4) is 5.75 Å². The largest absolute Gasteiger partial charge is 0.493 e. The zero-order chi connectivity index (χ0) is 15.4. The van der Waals surface area contributed by atoms with E-state index in [2.05, 4.69) is 75.7 Å². The lowest BCUT2D eigenvalue weighted by atomic mass is 9.84. The van der Waals surface area contributed by atoms with E-state index in [0.717, 1.165) is 30.5 Å². The molecule has 0 unspecified atom stereocenters. The van der Waals surface area contributed by atoms with Crippen LogP contribution < -0.4 is 4.74 Å². The van der Waals surface area contributed by atoms with Gasteiger partial charge in [-0.25, -0.2) is 0 Å². The summed E-state index contributed by atoms with van der Waals surface area (Å²) in [6.45, 7) is 14.1. The van der Waals surface area contributed by atoms with Gasteiger partial charge < -0.3 is 4.74 Å². The van der Waals surface area contributed by atoms with Crippen molar-refractivity contribution in [2.45, 2.75) is 59.8 Å². The van der Waals surface area contributed by atoms with E-state index < -0.39 is 0 Å². The lowest BCUT2D eigenvalue weighted by Crippen LogP contribution is -2.29. The van der Waals surface area contributed by atoms with E-state index in [-0.39, 0.29) is 10.8 Å². The minimum atomic E-state index is 0.110. The SMILES string of the molecule is CCC(CC)(CBr)COc1cc(C)ccc1C(C)(C)C. The summed E-state index contributed by atoms with van der Waals surface area (Å²) in [5.74, 6) is 1.05. The van der Waals surface area contributed by atoms with Crippen LogP contribution in [0.25, 0.3) is 0 Å². The first-order valence-electron chi connectivity index (χ1n) is 7.58. The van der Waals surface area contributed by atoms with Crippen LogP contribution in [0.2, 0.25) is 0 Å². The number of halogens is 1. The molecule has 0 saturated heterocycles. The van der Waals surface area contributed by atoms with Crippen LogP contribution in [0.1, 0.15) is 58.6 Å². The molecule has 0 aromatic heterocycles. The molecule has 20 heavy (non-hydrogen) atoms. The Morgan fingerprint density at radius 1 is 1.10 bits per heavy atom. The molecule has 0 saturated carbocycles. The molecule has 0 atom stereocenters. The van der Waals surface area contributed by atoms with E-state index in [1.165, 1.54) is 11.1 Å². The standard InChI is InChI=1S/C18H29BrO/c1-7-18(8-2,12-19)13-20-16-11-14(3)9-10-15(16)17(4,5)6/h9-11H,7-8,12-13H2,1-6H3. The van der Waals surface area contributed by atoms with Crippen LogP contribution in [-0.4, -0.2) is 11.9 Å². The van der Waals surface area contributed by atoms with Gasteiger partial charge in [-0.15, -0.1) is 0 Å². The zero-order valence-corrected chi connectivity index (χ0v) is 15.4. The lowest BCUT2D eigenvalue weighted by molar-refractivity contribution is 0.155. The number of aryl methyl sites for hydroxylation is 1. The van der Waals surface area contributed by atoms with Gasteiger partial charge in [0.1, 0.15) is 5.75 Å². The van der Waals surface area contributed by atoms with Crippen LogP contribution in [0.3, 0.4) is 0 Å². The molecule has 1 aromatic carbocycles. The molecule has 114 valence electrons. The third kappa shape index (κ3) is 4.25. The van der Waals surface area contributed by atoms with E-state index in [0.29, 0.717) is 0 Å². The second-order valence-electron chi connectivity index (χ2n) is 6.88. The van der Waals surface area contributed by atoms with Gasteiger partial charge in [0.15, 0.2) is 0 Å². The summed E-state index contributed by atoms with van der Waals surface area (Å²) in [4.78, 5) is 0. The first kappa shape index (κ1) is 17.6. The Kier molecular flexibility index (Phi) is 6.12. The molecule has 0 fully saturated rings. The van der Waals surface area contributed by atoms with E-state index >= 15 is 0 Å². The zero-order valence-electron chi connectivity index (χ0n) is 13.8. The highest BCUT2D eigenvalue weighted by Gasteiger charge is 2.27. The molecule has 0 N–H and O–H groups in total. The third-order valence-electron chi connectivity index (χ3n) is 4.26. The second-order valence-corrected chi connectivity index (χ2v) is 7.44. The fraction of sp³-hybridized carbons (Fsp3) is 0.667. The number of rotatable bonds is 6. The number of hydrogen-bond acceptors (Lipinski definition) is 1. The Hall–Kier alpha value is -0.500. The Labute approximate surface area is 133 Å². The summed E-state index contributed by atoms with van der Waals surface area (Å²) < 4.78 is 6.25. The molecule has 0 aliphatic heterocycles.